The average Bonchev–Trinajstić information content (AvgIpc) is 2.49. The van der Waals surface area contributed by atoms with E-state index >= 15 is 0 Å². The number of carbonyl (C=O) groups excluding carboxylic acids is 1. The van der Waals surface area contributed by atoms with Crippen LogP contribution in [0.2, 0.25) is 5.02 Å². The molecule has 0 aromatic heterocycles. The first-order valence-corrected chi connectivity index (χ1v) is 8.61. The van der Waals surface area contributed by atoms with Crippen molar-refractivity contribution >= 4 is 45.2 Å². The number of nitriles is 1. The zero-order valence-corrected chi connectivity index (χ0v) is 14.2. The van der Waals surface area contributed by atoms with E-state index in [4.69, 9.17) is 11.6 Å². The van der Waals surface area contributed by atoms with Crippen LogP contribution < -0.4 is 0 Å². The Bertz CT molecular complexity index is 565. The minimum Gasteiger partial charge on any atom is -0.338 e. The third kappa shape index (κ3) is 3.13. The molecule has 20 heavy (non-hydrogen) atoms. The molecule has 2 rings (SSSR count). The van der Waals surface area contributed by atoms with Gasteiger partial charge in [0, 0.05) is 23.1 Å². The lowest BCUT2D eigenvalue weighted by Gasteiger charge is -2.36. The monoisotopic (exact) mass is 372 g/mol. The van der Waals surface area contributed by atoms with Crippen molar-refractivity contribution < 1.29 is 4.79 Å². The maximum Gasteiger partial charge on any atom is 0.253 e. The molecule has 3 nitrogen and oxygen atoms in total. The summed E-state index contributed by atoms with van der Waals surface area (Å²) in [7, 11) is 0. The van der Waals surface area contributed by atoms with Gasteiger partial charge in [0.25, 0.3) is 5.91 Å². The third-order valence-corrected chi connectivity index (χ3v) is 6.11. The lowest BCUT2D eigenvalue weighted by Crippen LogP contribution is -2.44. The molecule has 1 amide bonds. The van der Waals surface area contributed by atoms with Crippen molar-refractivity contribution in [2.45, 2.75) is 17.6 Å². The van der Waals surface area contributed by atoms with E-state index < -0.39 is 0 Å². The number of carbonyl (C=O) groups is 1. The summed E-state index contributed by atoms with van der Waals surface area (Å²) in [6.45, 7) is 1.24. The smallest absolute Gasteiger partial charge is 0.253 e. The van der Waals surface area contributed by atoms with Gasteiger partial charge < -0.3 is 4.90 Å². The highest BCUT2D eigenvalue weighted by molar-refractivity contribution is 9.10. The van der Waals surface area contributed by atoms with E-state index in [0.29, 0.717) is 36.5 Å². The number of hydrogen-bond donors (Lipinski definition) is 0. The second-order valence-corrected chi connectivity index (χ2v) is 7.18. The molecule has 1 aliphatic heterocycles. The normalized spacial score (nSPS) is 17.6. The predicted octanol–water partition coefficient (Wildman–Crippen LogP) is 3.96. The first-order chi connectivity index (χ1) is 9.51. The van der Waals surface area contributed by atoms with Crippen molar-refractivity contribution in [2.75, 3.05) is 19.3 Å². The van der Waals surface area contributed by atoms with Gasteiger partial charge in [0.2, 0.25) is 0 Å². The molecule has 0 bridgehead atoms. The molecule has 1 aliphatic rings. The molecule has 0 spiro atoms. The fourth-order valence-corrected chi connectivity index (χ4v) is 3.42. The van der Waals surface area contributed by atoms with Gasteiger partial charge in [0.15, 0.2) is 0 Å². The van der Waals surface area contributed by atoms with Gasteiger partial charge in [0.1, 0.15) is 4.75 Å². The van der Waals surface area contributed by atoms with Crippen LogP contribution in [0, 0.1) is 11.3 Å². The number of halogens is 2. The zero-order valence-electron chi connectivity index (χ0n) is 11.0. The fourth-order valence-electron chi connectivity index (χ4n) is 2.24. The van der Waals surface area contributed by atoms with Crippen molar-refractivity contribution in [1.82, 2.24) is 4.90 Å². The molecule has 1 heterocycles. The standard InChI is InChI=1S/C14H14BrClN2OS/c1-20-14(9-17)4-6-18(7-5-14)13(19)10-2-3-12(16)11(15)8-10/h2-3,8H,4-7H2,1H3. The van der Waals surface area contributed by atoms with E-state index in [2.05, 4.69) is 22.0 Å². The van der Waals surface area contributed by atoms with Gasteiger partial charge in [-0.2, -0.15) is 5.26 Å². The molecular weight excluding hydrogens is 360 g/mol. The van der Waals surface area contributed by atoms with E-state index in [1.165, 1.54) is 0 Å². The number of hydrogen-bond acceptors (Lipinski definition) is 3. The van der Waals surface area contributed by atoms with Crippen LogP contribution in [0.4, 0.5) is 0 Å². The van der Waals surface area contributed by atoms with Gasteiger partial charge in [-0.15, -0.1) is 11.8 Å². The topological polar surface area (TPSA) is 44.1 Å². The van der Waals surface area contributed by atoms with E-state index in [1.54, 1.807) is 30.0 Å². The lowest BCUT2D eigenvalue weighted by atomic mass is 9.96. The summed E-state index contributed by atoms with van der Waals surface area (Å²) in [5, 5.41) is 9.84. The van der Waals surface area contributed by atoms with E-state index in [-0.39, 0.29) is 10.7 Å². The van der Waals surface area contributed by atoms with Gasteiger partial charge in [-0.3, -0.25) is 4.79 Å². The van der Waals surface area contributed by atoms with E-state index in [1.807, 2.05) is 11.2 Å². The maximum absolute atomic E-state index is 12.4. The molecule has 6 heteroatoms. The van der Waals surface area contributed by atoms with Crippen LogP contribution in [0.5, 0.6) is 0 Å². The quantitative estimate of drug-likeness (QED) is 0.788. The van der Waals surface area contributed by atoms with Gasteiger partial charge >= 0.3 is 0 Å². The van der Waals surface area contributed by atoms with E-state index in [9.17, 15) is 10.1 Å². The molecule has 0 radical (unpaired) electrons. The van der Waals surface area contributed by atoms with Gasteiger partial charge in [-0.25, -0.2) is 0 Å². The summed E-state index contributed by atoms with van der Waals surface area (Å²) in [6, 6.07) is 7.57. The number of likely N-dealkylation sites (tertiary alicyclic amines) is 1. The largest absolute Gasteiger partial charge is 0.338 e. The van der Waals surface area contributed by atoms with Crippen LogP contribution in [-0.2, 0) is 0 Å². The molecular formula is C14H14BrClN2OS. The number of piperidine rings is 1. The first-order valence-electron chi connectivity index (χ1n) is 6.22. The molecule has 106 valence electrons. The Morgan fingerprint density at radius 2 is 2.15 bits per heavy atom. The summed E-state index contributed by atoms with van der Waals surface area (Å²) >= 11 is 10.8. The Morgan fingerprint density at radius 3 is 2.65 bits per heavy atom. The van der Waals surface area contributed by atoms with Crippen molar-refractivity contribution in [3.8, 4) is 6.07 Å². The SMILES string of the molecule is CSC1(C#N)CCN(C(=O)c2ccc(Cl)c(Br)c2)CC1. The Labute approximate surface area is 136 Å². The molecule has 1 saturated heterocycles. The highest BCUT2D eigenvalue weighted by Crippen LogP contribution is 2.34. The molecule has 0 N–H and O–H groups in total. The molecule has 1 aromatic rings. The van der Waals surface area contributed by atoms with Crippen LogP contribution in [-0.4, -0.2) is 34.9 Å². The van der Waals surface area contributed by atoms with Crippen LogP contribution >= 0.6 is 39.3 Å². The fraction of sp³-hybridized carbons (Fsp3) is 0.429. The molecule has 1 aromatic carbocycles. The molecule has 1 fully saturated rings. The summed E-state index contributed by atoms with van der Waals surface area (Å²) in [6.07, 6.45) is 3.38. The van der Waals surface area contributed by atoms with Crippen molar-refractivity contribution in [2.24, 2.45) is 0 Å². The highest BCUT2D eigenvalue weighted by Gasteiger charge is 2.35. The van der Waals surface area contributed by atoms with Crippen LogP contribution in [0.1, 0.15) is 23.2 Å². The minimum absolute atomic E-state index is 0.00462. The molecule has 0 unspecified atom stereocenters. The van der Waals surface area contributed by atoms with Gasteiger partial charge in [-0.05, 0) is 53.2 Å². The van der Waals surface area contributed by atoms with Crippen molar-refractivity contribution in [3.05, 3.63) is 33.3 Å². The molecule has 0 atom stereocenters. The Hall–Kier alpha value is -0.700. The van der Waals surface area contributed by atoms with Crippen LogP contribution in [0.15, 0.2) is 22.7 Å². The summed E-state index contributed by atoms with van der Waals surface area (Å²) in [5.74, 6) is -0.00462. The Balaban J connectivity index is 2.09. The zero-order chi connectivity index (χ0) is 14.8. The molecule has 0 aliphatic carbocycles. The van der Waals surface area contributed by atoms with Crippen LogP contribution in [0.25, 0.3) is 0 Å². The van der Waals surface area contributed by atoms with Crippen molar-refractivity contribution in [1.29, 1.82) is 5.26 Å². The maximum atomic E-state index is 12.4. The number of benzene rings is 1. The average molecular weight is 374 g/mol. The van der Waals surface area contributed by atoms with Crippen LogP contribution in [0.3, 0.4) is 0 Å². The van der Waals surface area contributed by atoms with Crippen molar-refractivity contribution in [3.63, 3.8) is 0 Å². The first kappa shape index (κ1) is 15.7. The van der Waals surface area contributed by atoms with Gasteiger partial charge in [-0.1, -0.05) is 11.6 Å². The minimum atomic E-state index is -0.336. The lowest BCUT2D eigenvalue weighted by molar-refractivity contribution is 0.0716. The second-order valence-electron chi connectivity index (χ2n) is 4.73. The predicted molar refractivity (Wildman–Crippen MR) is 86.1 cm³/mol. The number of rotatable bonds is 2. The Morgan fingerprint density at radius 1 is 1.50 bits per heavy atom. The summed E-state index contributed by atoms with van der Waals surface area (Å²) in [4.78, 5) is 14.2. The third-order valence-electron chi connectivity index (χ3n) is 3.62. The number of thioether (sulfide) groups is 1. The molecule has 0 saturated carbocycles. The second kappa shape index (κ2) is 6.38. The highest BCUT2D eigenvalue weighted by atomic mass is 79.9. The van der Waals surface area contributed by atoms with E-state index in [0.717, 1.165) is 4.47 Å². The Kier molecular flexibility index (Phi) is 5.00. The van der Waals surface area contributed by atoms with Gasteiger partial charge in [0.05, 0.1) is 11.1 Å². The number of amides is 1. The summed E-state index contributed by atoms with van der Waals surface area (Å²) in [5.41, 5.74) is 0.620. The summed E-state index contributed by atoms with van der Waals surface area (Å²) < 4.78 is 0.384. The number of nitrogens with zero attached hydrogens (tertiary/aromatic N) is 2.